The number of benzene rings is 1. The van der Waals surface area contributed by atoms with Crippen molar-refractivity contribution >= 4 is 6.29 Å². The molecular formula is C15H17NO. The lowest BCUT2D eigenvalue weighted by atomic mass is 10.00. The summed E-state index contributed by atoms with van der Waals surface area (Å²) < 4.78 is 1.85. The second-order valence-corrected chi connectivity index (χ2v) is 4.66. The van der Waals surface area contributed by atoms with Gasteiger partial charge >= 0.3 is 0 Å². The highest BCUT2D eigenvalue weighted by Gasteiger charge is 2.05. The highest BCUT2D eigenvalue weighted by Crippen LogP contribution is 2.23. The maximum atomic E-state index is 10.8. The summed E-state index contributed by atoms with van der Waals surface area (Å²) in [5.41, 5.74) is 4.27. The summed E-state index contributed by atoms with van der Waals surface area (Å²) in [6.45, 7) is 4.37. The minimum absolute atomic E-state index is 0.547. The van der Waals surface area contributed by atoms with Crippen molar-refractivity contribution in [3.8, 4) is 11.1 Å². The van der Waals surface area contributed by atoms with Crippen LogP contribution in [-0.2, 0) is 7.05 Å². The van der Waals surface area contributed by atoms with Gasteiger partial charge in [0.25, 0.3) is 0 Å². The van der Waals surface area contributed by atoms with Crippen LogP contribution < -0.4 is 0 Å². The quantitative estimate of drug-likeness (QED) is 0.734. The van der Waals surface area contributed by atoms with Crippen molar-refractivity contribution in [3.05, 3.63) is 47.8 Å². The Balaban J connectivity index is 2.36. The lowest BCUT2D eigenvalue weighted by Crippen LogP contribution is -1.90. The molecule has 0 spiro atoms. The summed E-state index contributed by atoms with van der Waals surface area (Å²) in [4.78, 5) is 10.8. The van der Waals surface area contributed by atoms with Gasteiger partial charge in [-0.15, -0.1) is 0 Å². The van der Waals surface area contributed by atoms with Gasteiger partial charge in [-0.2, -0.15) is 0 Å². The zero-order valence-corrected chi connectivity index (χ0v) is 10.5. The molecule has 0 atom stereocenters. The number of aromatic nitrogens is 1. The highest BCUT2D eigenvalue weighted by molar-refractivity contribution is 5.77. The first-order chi connectivity index (χ1) is 8.11. The zero-order chi connectivity index (χ0) is 12.4. The summed E-state index contributed by atoms with van der Waals surface area (Å²) in [5.74, 6) is 0.547. The molecule has 2 rings (SSSR count). The molecule has 1 aromatic carbocycles. The van der Waals surface area contributed by atoms with Gasteiger partial charge in [-0.25, -0.2) is 0 Å². The number of carbonyl (C=O) groups excluding carboxylic acids is 1. The number of carbonyl (C=O) groups is 1. The minimum Gasteiger partial charge on any atom is -0.348 e. The van der Waals surface area contributed by atoms with Gasteiger partial charge in [-0.1, -0.05) is 38.1 Å². The Morgan fingerprint density at radius 1 is 1.12 bits per heavy atom. The van der Waals surface area contributed by atoms with Gasteiger partial charge in [0.1, 0.15) is 0 Å². The second kappa shape index (κ2) is 4.58. The van der Waals surface area contributed by atoms with E-state index in [-0.39, 0.29) is 0 Å². The van der Waals surface area contributed by atoms with Crippen LogP contribution >= 0.6 is 0 Å². The average Bonchev–Trinajstić information content (AvgIpc) is 2.70. The molecule has 0 N–H and O–H groups in total. The molecule has 2 heteroatoms. The van der Waals surface area contributed by atoms with Gasteiger partial charge in [-0.3, -0.25) is 4.79 Å². The smallest absolute Gasteiger partial charge is 0.166 e. The van der Waals surface area contributed by atoms with E-state index in [1.807, 2.05) is 23.9 Å². The summed E-state index contributed by atoms with van der Waals surface area (Å²) in [5, 5.41) is 0. The zero-order valence-electron chi connectivity index (χ0n) is 10.5. The third kappa shape index (κ3) is 2.31. The molecule has 0 amide bonds. The van der Waals surface area contributed by atoms with Crippen molar-refractivity contribution in [2.24, 2.45) is 7.05 Å². The van der Waals surface area contributed by atoms with Gasteiger partial charge < -0.3 is 4.57 Å². The summed E-state index contributed by atoms with van der Waals surface area (Å²) in [6, 6.07) is 10.4. The number of hydrogen-bond donors (Lipinski definition) is 0. The third-order valence-electron chi connectivity index (χ3n) is 3.07. The number of nitrogens with zero attached hydrogens (tertiary/aromatic N) is 1. The summed E-state index contributed by atoms with van der Waals surface area (Å²) >= 11 is 0. The molecule has 0 aliphatic rings. The van der Waals surface area contributed by atoms with E-state index in [9.17, 15) is 4.79 Å². The maximum absolute atomic E-state index is 10.8. The molecule has 0 fully saturated rings. The number of aryl methyl sites for hydroxylation is 1. The SMILES string of the molecule is CC(C)c1ccc(-c2cc(C=O)n(C)c2)cc1. The van der Waals surface area contributed by atoms with Crippen LogP contribution in [0, 0.1) is 0 Å². The average molecular weight is 227 g/mol. The first-order valence-corrected chi connectivity index (χ1v) is 5.83. The molecule has 0 saturated heterocycles. The molecule has 2 aromatic rings. The van der Waals surface area contributed by atoms with E-state index < -0.39 is 0 Å². The fraction of sp³-hybridized carbons (Fsp3) is 0.267. The molecule has 1 aromatic heterocycles. The van der Waals surface area contributed by atoms with Crippen molar-refractivity contribution < 1.29 is 4.79 Å². The minimum atomic E-state index is 0.547. The normalized spacial score (nSPS) is 10.8. The van der Waals surface area contributed by atoms with Crippen LogP contribution in [0.5, 0.6) is 0 Å². The lowest BCUT2D eigenvalue weighted by molar-refractivity contribution is 0.111. The molecule has 0 aliphatic heterocycles. The van der Waals surface area contributed by atoms with Crippen LogP contribution in [0.15, 0.2) is 36.5 Å². The molecule has 0 unspecified atom stereocenters. The Morgan fingerprint density at radius 2 is 1.76 bits per heavy atom. The highest BCUT2D eigenvalue weighted by atomic mass is 16.1. The van der Waals surface area contributed by atoms with Gasteiger partial charge in [0.2, 0.25) is 0 Å². The summed E-state index contributed by atoms with van der Waals surface area (Å²) in [6.07, 6.45) is 2.86. The number of aldehydes is 1. The van der Waals surface area contributed by atoms with E-state index in [0.717, 1.165) is 17.4 Å². The van der Waals surface area contributed by atoms with E-state index >= 15 is 0 Å². The Kier molecular flexibility index (Phi) is 3.14. The van der Waals surface area contributed by atoms with Crippen molar-refractivity contribution in [1.82, 2.24) is 4.57 Å². The van der Waals surface area contributed by atoms with Crippen LogP contribution in [0.25, 0.3) is 11.1 Å². The Hall–Kier alpha value is -1.83. The van der Waals surface area contributed by atoms with Crippen molar-refractivity contribution in [2.75, 3.05) is 0 Å². The maximum Gasteiger partial charge on any atom is 0.166 e. The van der Waals surface area contributed by atoms with Crippen LogP contribution in [0.3, 0.4) is 0 Å². The van der Waals surface area contributed by atoms with E-state index in [4.69, 9.17) is 0 Å². The predicted molar refractivity (Wildman–Crippen MR) is 70.3 cm³/mol. The molecule has 2 nitrogen and oxygen atoms in total. The molecule has 17 heavy (non-hydrogen) atoms. The van der Waals surface area contributed by atoms with Gasteiger partial charge in [0, 0.05) is 18.8 Å². The number of rotatable bonds is 3. The van der Waals surface area contributed by atoms with Gasteiger partial charge in [0.05, 0.1) is 5.69 Å². The first kappa shape index (κ1) is 11.6. The fourth-order valence-electron chi connectivity index (χ4n) is 1.92. The number of hydrogen-bond acceptors (Lipinski definition) is 1. The van der Waals surface area contributed by atoms with Crippen molar-refractivity contribution in [2.45, 2.75) is 19.8 Å². The first-order valence-electron chi connectivity index (χ1n) is 5.83. The molecule has 88 valence electrons. The largest absolute Gasteiger partial charge is 0.348 e. The predicted octanol–water partition coefficient (Wildman–Crippen LogP) is 3.63. The molecule has 0 aliphatic carbocycles. The molecule has 1 heterocycles. The van der Waals surface area contributed by atoms with E-state index in [2.05, 4.69) is 38.1 Å². The van der Waals surface area contributed by atoms with Gasteiger partial charge in [0.15, 0.2) is 6.29 Å². The molecule has 0 radical (unpaired) electrons. The van der Waals surface area contributed by atoms with Crippen molar-refractivity contribution in [1.29, 1.82) is 0 Å². The van der Waals surface area contributed by atoms with E-state index in [1.165, 1.54) is 5.56 Å². The van der Waals surface area contributed by atoms with Crippen LogP contribution in [0.2, 0.25) is 0 Å². The fourth-order valence-corrected chi connectivity index (χ4v) is 1.92. The standard InChI is InChI=1S/C15H17NO/c1-11(2)12-4-6-13(7-5-12)14-8-15(10-17)16(3)9-14/h4-11H,1-3H3. The lowest BCUT2D eigenvalue weighted by Gasteiger charge is -2.05. The van der Waals surface area contributed by atoms with Crippen molar-refractivity contribution in [3.63, 3.8) is 0 Å². The van der Waals surface area contributed by atoms with Crippen LogP contribution in [0.1, 0.15) is 35.8 Å². The Morgan fingerprint density at radius 3 is 2.24 bits per heavy atom. The topological polar surface area (TPSA) is 22.0 Å². The molecule has 0 saturated carbocycles. The van der Waals surface area contributed by atoms with Crippen LogP contribution in [0.4, 0.5) is 0 Å². The Labute approximate surface area is 102 Å². The third-order valence-corrected chi connectivity index (χ3v) is 3.07. The second-order valence-electron chi connectivity index (χ2n) is 4.66. The molecular weight excluding hydrogens is 210 g/mol. The van der Waals surface area contributed by atoms with E-state index in [0.29, 0.717) is 11.6 Å². The van der Waals surface area contributed by atoms with Crippen LogP contribution in [-0.4, -0.2) is 10.9 Å². The van der Waals surface area contributed by atoms with E-state index in [1.54, 1.807) is 0 Å². The monoisotopic (exact) mass is 227 g/mol. The van der Waals surface area contributed by atoms with Gasteiger partial charge in [-0.05, 0) is 23.1 Å². The molecule has 0 bridgehead atoms. The Bertz CT molecular complexity index is 520. The summed E-state index contributed by atoms with van der Waals surface area (Å²) in [7, 11) is 1.88.